The monoisotopic (exact) mass is 362 g/mol. The van der Waals surface area contributed by atoms with Crippen LogP contribution in [0.5, 0.6) is 0 Å². The summed E-state index contributed by atoms with van der Waals surface area (Å²) in [5.41, 5.74) is 0. The molecule has 0 radical (unpaired) electrons. The Hall–Kier alpha value is 3.41. The van der Waals surface area contributed by atoms with Gasteiger partial charge >= 0.3 is 88.7 Å². The first-order chi connectivity index (χ1) is 6.79. The summed E-state index contributed by atoms with van der Waals surface area (Å²) >= 11 is 0. The van der Waals surface area contributed by atoms with Crippen molar-refractivity contribution in [3.05, 3.63) is 0 Å². The summed E-state index contributed by atoms with van der Waals surface area (Å²) in [5, 5.41) is 0. The molecule has 0 heterocycles. The molecule has 98 valence electrons. The summed E-state index contributed by atoms with van der Waals surface area (Å²) in [5.74, 6) is 0. The Balaban J connectivity index is -0.000000375. The summed E-state index contributed by atoms with van der Waals surface area (Å²) < 4.78 is 30.8. The van der Waals surface area contributed by atoms with Crippen LogP contribution in [0.25, 0.3) is 0 Å². The van der Waals surface area contributed by atoms with E-state index >= 15 is 0 Å². The molecule has 0 N–H and O–H groups in total. The zero-order valence-electron chi connectivity index (χ0n) is 10.6. The first-order valence-corrected chi connectivity index (χ1v) is 8.72. The summed E-state index contributed by atoms with van der Waals surface area (Å²) in [6.45, 7) is 0. The fraction of sp³-hybridized carbons (Fsp3) is 1.00. The second-order valence-corrected chi connectivity index (χ2v) is 7.44. The molecule has 10 nitrogen and oxygen atoms in total. The molecule has 0 saturated heterocycles. The molecule has 0 aliphatic carbocycles. The molecule has 0 unspecified atom stereocenters. The van der Waals surface area contributed by atoms with Crippen molar-refractivity contribution < 1.29 is 132 Å². The van der Waals surface area contributed by atoms with Gasteiger partial charge in [0.25, 0.3) is 0 Å². The van der Waals surface area contributed by atoms with Gasteiger partial charge in [0.15, 0.2) is 0 Å². The molecule has 0 atom stereocenters. The number of rotatable bonds is 6. The second kappa shape index (κ2) is 11.9. The van der Waals surface area contributed by atoms with Crippen LogP contribution in [0.3, 0.4) is 0 Å². The summed E-state index contributed by atoms with van der Waals surface area (Å²) in [7, 11) is -15.8. The third-order valence-corrected chi connectivity index (χ3v) is 3.36. The summed E-state index contributed by atoms with van der Waals surface area (Å²) in [4.78, 5) is 61.5. The molecular formula is C3H6NNa3O9P3-3. The summed E-state index contributed by atoms with van der Waals surface area (Å²) in [6, 6.07) is 0. The molecule has 0 aromatic rings. The van der Waals surface area contributed by atoms with Gasteiger partial charge < -0.3 is 43.1 Å². The van der Waals surface area contributed by atoms with Crippen molar-refractivity contribution >= 4 is 22.8 Å². The third-order valence-electron chi connectivity index (χ3n) is 1.12. The van der Waals surface area contributed by atoms with Crippen molar-refractivity contribution in [3.8, 4) is 0 Å². The van der Waals surface area contributed by atoms with Crippen LogP contribution in [-0.2, 0) is 13.7 Å². The molecule has 0 bridgehead atoms. The minimum Gasteiger partial charge on any atom is -0.810 e. The van der Waals surface area contributed by atoms with Crippen LogP contribution in [0, 0.1) is 0 Å². The number of nitrogens with zero attached hydrogens (tertiary/aromatic N) is 1. The fourth-order valence-electron chi connectivity index (χ4n) is 0.869. The molecule has 0 aromatic heterocycles. The quantitative estimate of drug-likeness (QED) is 0.323. The van der Waals surface area contributed by atoms with E-state index < -0.39 is 41.6 Å². The van der Waals surface area contributed by atoms with Crippen molar-refractivity contribution in [2.75, 3.05) is 18.9 Å². The Bertz CT molecular complexity index is 317. The molecule has 0 amide bonds. The molecule has 0 aliphatic heterocycles. The van der Waals surface area contributed by atoms with Crippen molar-refractivity contribution in [1.29, 1.82) is 0 Å². The van der Waals surface area contributed by atoms with Crippen LogP contribution in [0.15, 0.2) is 0 Å². The number of hydrogen-bond donors (Lipinski definition) is 0. The maximum atomic E-state index is 10.3. The van der Waals surface area contributed by atoms with Crippen molar-refractivity contribution in [2.45, 2.75) is 0 Å². The van der Waals surface area contributed by atoms with Gasteiger partial charge in [-0.2, -0.15) is 0 Å². The predicted molar refractivity (Wildman–Crippen MR) is 39.3 cm³/mol. The molecule has 19 heavy (non-hydrogen) atoms. The van der Waals surface area contributed by atoms with Crippen LogP contribution < -0.4 is 118 Å². The Morgan fingerprint density at radius 1 is 0.579 bits per heavy atom. The average molecular weight is 362 g/mol. The molecule has 0 rings (SSSR count). The van der Waals surface area contributed by atoms with E-state index in [0.29, 0.717) is 0 Å². The molecule has 0 spiro atoms. The second-order valence-electron chi connectivity index (χ2n) is 2.93. The Labute approximate surface area is 176 Å². The van der Waals surface area contributed by atoms with E-state index in [9.17, 15) is 43.1 Å². The summed E-state index contributed by atoms with van der Waals surface area (Å²) in [6.07, 6.45) is -4.55. The first-order valence-electron chi connectivity index (χ1n) is 3.54. The largest absolute Gasteiger partial charge is 1.00 e. The van der Waals surface area contributed by atoms with Crippen molar-refractivity contribution in [1.82, 2.24) is 4.90 Å². The molecule has 0 saturated carbocycles. The average Bonchev–Trinajstić information content (AvgIpc) is 1.70. The SMILES string of the molecule is O=P([O-])([O-])CN(CP(=O)([O-])[O-])CP(=O)([O-])[O-].[Na+].[Na+].[Na+]. The van der Waals surface area contributed by atoms with Gasteiger partial charge in [-0.3, -0.25) is 4.90 Å². The standard InChI is InChI=1S/C3H12NO9P3.3Na/c5-14(6,7)1-4(2-15(8,9)10)3-16(11,12)13;;;/h1-3H2,(H2,5,6,7)(H2,8,9,10)(H2,11,12,13);;;/q;3*+1/p-6. The van der Waals surface area contributed by atoms with Gasteiger partial charge in [0.1, 0.15) is 0 Å². The van der Waals surface area contributed by atoms with Gasteiger partial charge in [-0.05, 0) is 0 Å². The fourth-order valence-corrected chi connectivity index (χ4v) is 3.41. The minimum absolute atomic E-state index is 0. The van der Waals surface area contributed by atoms with Crippen LogP contribution in [0.2, 0.25) is 0 Å². The smallest absolute Gasteiger partial charge is 0.810 e. The normalized spacial score (nSPS) is 12.2. The van der Waals surface area contributed by atoms with Crippen molar-refractivity contribution in [3.63, 3.8) is 0 Å². The van der Waals surface area contributed by atoms with E-state index in [0.717, 1.165) is 0 Å². The van der Waals surface area contributed by atoms with E-state index in [1.54, 1.807) is 0 Å². The van der Waals surface area contributed by atoms with E-state index in [2.05, 4.69) is 0 Å². The van der Waals surface area contributed by atoms with Gasteiger partial charge in [-0.15, -0.1) is 0 Å². The van der Waals surface area contributed by atoms with E-state index in [1.807, 2.05) is 0 Å². The van der Waals surface area contributed by atoms with Crippen LogP contribution in [0.4, 0.5) is 0 Å². The topological polar surface area (TPSA) is 193 Å². The van der Waals surface area contributed by atoms with Gasteiger partial charge in [-0.1, -0.05) is 22.8 Å². The van der Waals surface area contributed by atoms with Gasteiger partial charge in [0.2, 0.25) is 0 Å². The zero-order valence-corrected chi connectivity index (χ0v) is 19.3. The maximum Gasteiger partial charge on any atom is 1.00 e. The maximum absolute atomic E-state index is 10.3. The predicted octanol–water partition coefficient (Wildman–Crippen LogP) is -14.1. The molecule has 0 aliphatic rings. The van der Waals surface area contributed by atoms with E-state index in [4.69, 9.17) is 0 Å². The van der Waals surface area contributed by atoms with Gasteiger partial charge in [0, 0.05) is 18.9 Å². The van der Waals surface area contributed by atoms with Crippen LogP contribution >= 0.6 is 22.8 Å². The number of hydrogen-bond acceptors (Lipinski definition) is 10. The molecule has 16 heteroatoms. The van der Waals surface area contributed by atoms with E-state index in [-0.39, 0.29) is 93.6 Å². The molecule has 0 fully saturated rings. The first kappa shape index (κ1) is 30.3. The minimum atomic E-state index is -5.27. The Morgan fingerprint density at radius 3 is 0.842 bits per heavy atom. The zero-order chi connectivity index (χ0) is 13.2. The van der Waals surface area contributed by atoms with Crippen molar-refractivity contribution in [2.24, 2.45) is 0 Å². The van der Waals surface area contributed by atoms with Crippen LogP contribution in [0.1, 0.15) is 0 Å². The Morgan fingerprint density at radius 2 is 0.737 bits per heavy atom. The van der Waals surface area contributed by atoms with Crippen LogP contribution in [-0.4, -0.2) is 23.8 Å². The molecule has 0 aromatic carbocycles. The van der Waals surface area contributed by atoms with Gasteiger partial charge in [0.05, 0.1) is 0 Å². The van der Waals surface area contributed by atoms with Gasteiger partial charge in [-0.25, -0.2) is 0 Å². The molecular weight excluding hydrogens is 356 g/mol. The third kappa shape index (κ3) is 23.8. The van der Waals surface area contributed by atoms with E-state index in [1.165, 1.54) is 0 Å². The Kier molecular flexibility index (Phi) is 18.9.